The predicted molar refractivity (Wildman–Crippen MR) is 67.7 cm³/mol. The van der Waals surface area contributed by atoms with E-state index in [4.69, 9.17) is 9.15 Å². The van der Waals surface area contributed by atoms with E-state index in [1.807, 2.05) is 13.0 Å². The first-order chi connectivity index (χ1) is 8.58. The van der Waals surface area contributed by atoms with Gasteiger partial charge in [-0.3, -0.25) is 4.79 Å². The molecule has 0 bridgehead atoms. The van der Waals surface area contributed by atoms with Gasteiger partial charge in [0, 0.05) is 12.0 Å². The summed E-state index contributed by atoms with van der Waals surface area (Å²) in [4.78, 5) is 11.7. The normalized spacial score (nSPS) is 35.7. The van der Waals surface area contributed by atoms with E-state index in [0.29, 0.717) is 5.92 Å². The van der Waals surface area contributed by atoms with Gasteiger partial charge in [0.2, 0.25) is 0 Å². The predicted octanol–water partition coefficient (Wildman–Crippen LogP) is 3.41. The molecule has 0 aromatic carbocycles. The molecule has 2 heterocycles. The molecule has 1 aromatic rings. The van der Waals surface area contributed by atoms with Gasteiger partial charge in [0.1, 0.15) is 5.60 Å². The van der Waals surface area contributed by atoms with Gasteiger partial charge in [-0.25, -0.2) is 0 Å². The van der Waals surface area contributed by atoms with E-state index in [2.05, 4.69) is 13.0 Å². The van der Waals surface area contributed by atoms with Crippen LogP contribution in [0, 0.1) is 11.8 Å². The van der Waals surface area contributed by atoms with E-state index in [1.54, 1.807) is 12.5 Å². The maximum atomic E-state index is 11.7. The molecule has 2 aliphatic rings. The van der Waals surface area contributed by atoms with Crippen LogP contribution in [0.3, 0.4) is 0 Å². The minimum absolute atomic E-state index is 0.0112. The number of carbonyl (C=O) groups excluding carboxylic acids is 1. The zero-order valence-corrected chi connectivity index (χ0v) is 10.8. The summed E-state index contributed by atoms with van der Waals surface area (Å²) < 4.78 is 10.8. The van der Waals surface area contributed by atoms with Crippen LogP contribution in [0.2, 0.25) is 0 Å². The number of furan rings is 1. The monoisotopic (exact) mass is 246 g/mol. The molecule has 1 saturated heterocycles. The third kappa shape index (κ3) is 1.88. The number of ether oxygens (including phenoxy) is 1. The third-order valence-electron chi connectivity index (χ3n) is 3.95. The van der Waals surface area contributed by atoms with E-state index in [1.165, 1.54) is 5.57 Å². The fraction of sp³-hybridized carbons (Fsp3) is 0.533. The van der Waals surface area contributed by atoms with Crippen molar-refractivity contribution in [2.24, 2.45) is 11.8 Å². The molecule has 3 rings (SSSR count). The number of esters is 1. The number of hydrogen-bond donors (Lipinski definition) is 0. The Morgan fingerprint density at radius 2 is 2.17 bits per heavy atom. The Morgan fingerprint density at radius 3 is 2.78 bits per heavy atom. The van der Waals surface area contributed by atoms with Gasteiger partial charge in [0.15, 0.2) is 0 Å². The van der Waals surface area contributed by atoms with E-state index < -0.39 is 0 Å². The smallest absolute Gasteiger partial charge is 0.309 e. The summed E-state index contributed by atoms with van der Waals surface area (Å²) in [7, 11) is 0. The zero-order chi connectivity index (χ0) is 12.8. The maximum absolute atomic E-state index is 11.7. The second kappa shape index (κ2) is 4.01. The van der Waals surface area contributed by atoms with Crippen LogP contribution >= 0.6 is 0 Å². The van der Waals surface area contributed by atoms with Crippen LogP contribution in [0.4, 0.5) is 0 Å². The van der Waals surface area contributed by atoms with Gasteiger partial charge in [-0.1, -0.05) is 13.8 Å². The summed E-state index contributed by atoms with van der Waals surface area (Å²) in [6, 6.07) is 1.97. The number of carbonyl (C=O) groups is 1. The molecule has 1 spiro atoms. The molecule has 0 saturated carbocycles. The molecule has 1 aliphatic heterocycles. The van der Waals surface area contributed by atoms with Crippen LogP contribution < -0.4 is 0 Å². The quantitative estimate of drug-likeness (QED) is 0.713. The molecule has 1 aromatic heterocycles. The van der Waals surface area contributed by atoms with Crippen molar-refractivity contribution in [2.75, 3.05) is 0 Å². The summed E-state index contributed by atoms with van der Waals surface area (Å²) in [5, 5.41) is 0. The van der Waals surface area contributed by atoms with E-state index in [0.717, 1.165) is 24.8 Å². The van der Waals surface area contributed by atoms with Crippen molar-refractivity contribution in [3.05, 3.63) is 30.2 Å². The summed E-state index contributed by atoms with van der Waals surface area (Å²) in [6.45, 7) is 4.16. The number of rotatable bonds is 1. The molecular weight excluding hydrogens is 228 g/mol. The maximum Gasteiger partial charge on any atom is 0.309 e. The van der Waals surface area contributed by atoms with Crippen molar-refractivity contribution in [3.8, 4) is 0 Å². The SMILES string of the molecule is C[C@@H]1CC(c2ccoc2)=C[C@]2(C1)C[C@@H](C)C(=O)O2. The van der Waals surface area contributed by atoms with Crippen LogP contribution in [-0.4, -0.2) is 11.6 Å². The molecule has 96 valence electrons. The molecule has 18 heavy (non-hydrogen) atoms. The molecule has 1 aliphatic carbocycles. The highest BCUT2D eigenvalue weighted by Gasteiger charge is 2.46. The Bertz CT molecular complexity index is 486. The fourth-order valence-corrected chi connectivity index (χ4v) is 3.28. The van der Waals surface area contributed by atoms with Crippen LogP contribution in [0.25, 0.3) is 5.57 Å². The molecule has 3 heteroatoms. The standard InChI is InChI=1S/C15H18O3/c1-10-5-13(12-3-4-17-9-12)8-15(6-10)7-11(2)14(16)18-15/h3-4,8-11H,5-7H2,1-2H3/t10-,11-,15+/m1/s1. The van der Waals surface area contributed by atoms with Gasteiger partial charge in [-0.2, -0.15) is 0 Å². The van der Waals surface area contributed by atoms with E-state index in [-0.39, 0.29) is 17.5 Å². The largest absolute Gasteiger partial charge is 0.472 e. The average Bonchev–Trinajstić information content (AvgIpc) is 2.87. The van der Waals surface area contributed by atoms with Gasteiger partial charge in [0.25, 0.3) is 0 Å². The van der Waals surface area contributed by atoms with Crippen molar-refractivity contribution >= 4 is 11.5 Å². The number of allylic oxidation sites excluding steroid dienone is 1. The zero-order valence-electron chi connectivity index (χ0n) is 10.8. The lowest BCUT2D eigenvalue weighted by Gasteiger charge is -2.33. The van der Waals surface area contributed by atoms with Gasteiger partial charge >= 0.3 is 5.97 Å². The van der Waals surface area contributed by atoms with Crippen LogP contribution in [-0.2, 0) is 9.53 Å². The van der Waals surface area contributed by atoms with Gasteiger partial charge < -0.3 is 9.15 Å². The van der Waals surface area contributed by atoms with Crippen molar-refractivity contribution in [3.63, 3.8) is 0 Å². The Balaban J connectivity index is 1.96. The Morgan fingerprint density at radius 1 is 1.33 bits per heavy atom. The highest BCUT2D eigenvalue weighted by atomic mass is 16.6. The second-order valence-corrected chi connectivity index (χ2v) is 5.79. The lowest BCUT2D eigenvalue weighted by atomic mass is 9.76. The molecule has 0 amide bonds. The van der Waals surface area contributed by atoms with Crippen LogP contribution in [0.1, 0.15) is 38.7 Å². The summed E-state index contributed by atoms with van der Waals surface area (Å²) in [6.07, 6.45) is 8.36. The van der Waals surface area contributed by atoms with E-state index in [9.17, 15) is 4.79 Å². The first kappa shape index (κ1) is 11.6. The fourth-order valence-electron chi connectivity index (χ4n) is 3.28. The Hall–Kier alpha value is -1.51. The lowest BCUT2D eigenvalue weighted by Crippen LogP contribution is -2.32. The van der Waals surface area contributed by atoms with Gasteiger partial charge in [-0.15, -0.1) is 0 Å². The molecule has 1 fully saturated rings. The molecule has 0 radical (unpaired) electrons. The first-order valence-corrected chi connectivity index (χ1v) is 6.55. The van der Waals surface area contributed by atoms with Crippen LogP contribution in [0.5, 0.6) is 0 Å². The van der Waals surface area contributed by atoms with Gasteiger partial charge in [0.05, 0.1) is 18.4 Å². The van der Waals surface area contributed by atoms with Crippen LogP contribution in [0.15, 0.2) is 29.1 Å². The second-order valence-electron chi connectivity index (χ2n) is 5.79. The molecule has 0 unspecified atom stereocenters. The Kier molecular flexibility index (Phi) is 2.58. The van der Waals surface area contributed by atoms with Crippen molar-refractivity contribution in [1.29, 1.82) is 0 Å². The molecule has 3 atom stereocenters. The highest BCUT2D eigenvalue weighted by Crippen LogP contribution is 2.45. The van der Waals surface area contributed by atoms with E-state index >= 15 is 0 Å². The average molecular weight is 246 g/mol. The minimum Gasteiger partial charge on any atom is -0.472 e. The van der Waals surface area contributed by atoms with Crippen molar-refractivity contribution in [2.45, 2.75) is 38.7 Å². The topological polar surface area (TPSA) is 39.4 Å². The first-order valence-electron chi connectivity index (χ1n) is 6.55. The summed E-state index contributed by atoms with van der Waals surface area (Å²) in [5.41, 5.74) is 1.97. The Labute approximate surface area is 107 Å². The lowest BCUT2D eigenvalue weighted by molar-refractivity contribution is -0.148. The third-order valence-corrected chi connectivity index (χ3v) is 3.95. The number of hydrogen-bond acceptors (Lipinski definition) is 3. The molecular formula is C15H18O3. The van der Waals surface area contributed by atoms with Crippen molar-refractivity contribution in [1.82, 2.24) is 0 Å². The summed E-state index contributed by atoms with van der Waals surface area (Å²) >= 11 is 0. The summed E-state index contributed by atoms with van der Waals surface area (Å²) in [5.74, 6) is 0.474. The highest BCUT2D eigenvalue weighted by molar-refractivity contribution is 5.77. The molecule has 3 nitrogen and oxygen atoms in total. The molecule has 0 N–H and O–H groups in total. The van der Waals surface area contributed by atoms with Gasteiger partial charge in [-0.05, 0) is 36.5 Å². The minimum atomic E-state index is -0.374. The van der Waals surface area contributed by atoms with Crippen molar-refractivity contribution < 1.29 is 13.9 Å².